The van der Waals surface area contributed by atoms with Gasteiger partial charge in [0, 0.05) is 6.42 Å². The first-order valence-electron chi connectivity index (χ1n) is 12.1. The van der Waals surface area contributed by atoms with E-state index in [9.17, 15) is 22.8 Å². The van der Waals surface area contributed by atoms with Crippen LogP contribution in [0.2, 0.25) is 0 Å². The number of esters is 1. The molecule has 12 heteroatoms. The topological polar surface area (TPSA) is 128 Å². The number of ether oxygens (including phenoxy) is 2. The fraction of sp³-hybridized carbons (Fsp3) is 0.520. The molecule has 1 aliphatic heterocycles. The van der Waals surface area contributed by atoms with E-state index >= 15 is 0 Å². The molecule has 1 aromatic heterocycles. The van der Waals surface area contributed by atoms with Gasteiger partial charge in [-0.05, 0) is 69.2 Å². The van der Waals surface area contributed by atoms with E-state index in [1.165, 1.54) is 29.7 Å². The van der Waals surface area contributed by atoms with Gasteiger partial charge in [-0.15, -0.1) is 0 Å². The maximum atomic E-state index is 13.0. The maximum Gasteiger partial charge on any atom is 0.416 e. The lowest BCUT2D eigenvalue weighted by Crippen LogP contribution is -2.61. The van der Waals surface area contributed by atoms with Crippen LogP contribution in [0.1, 0.15) is 63.5 Å². The fourth-order valence-corrected chi connectivity index (χ4v) is 3.79. The molecule has 1 aliphatic rings. The molecule has 204 valence electrons. The van der Waals surface area contributed by atoms with Gasteiger partial charge in [0.25, 0.3) is 0 Å². The van der Waals surface area contributed by atoms with Crippen molar-refractivity contribution >= 4 is 17.7 Å². The SMILES string of the molecule is CCOC(=O)CCCCCOC(=O)N1c2ccc(C(F)(F)F)cc2CCC1(N)CC.Oc1cncnc1. The van der Waals surface area contributed by atoms with Gasteiger partial charge in [0.2, 0.25) is 0 Å². The van der Waals surface area contributed by atoms with Crippen molar-refractivity contribution in [3.05, 3.63) is 48.0 Å². The van der Waals surface area contributed by atoms with Crippen LogP contribution in [0.5, 0.6) is 5.75 Å². The number of hydrogen-bond donors (Lipinski definition) is 2. The quantitative estimate of drug-likeness (QED) is 0.365. The van der Waals surface area contributed by atoms with Crippen molar-refractivity contribution < 1.29 is 37.3 Å². The lowest BCUT2D eigenvalue weighted by molar-refractivity contribution is -0.143. The molecule has 0 radical (unpaired) electrons. The maximum absolute atomic E-state index is 13.0. The van der Waals surface area contributed by atoms with Crippen LogP contribution in [-0.2, 0) is 26.9 Å². The summed E-state index contributed by atoms with van der Waals surface area (Å²) in [5, 5.41) is 8.51. The second-order valence-electron chi connectivity index (χ2n) is 8.46. The monoisotopic (exact) mass is 526 g/mol. The van der Waals surface area contributed by atoms with Crippen molar-refractivity contribution in [3.63, 3.8) is 0 Å². The molecule has 0 aliphatic carbocycles. The first kappa shape index (κ1) is 29.8. The Morgan fingerprint density at radius 3 is 2.41 bits per heavy atom. The number of alkyl halides is 3. The predicted molar refractivity (Wildman–Crippen MR) is 130 cm³/mol. The molecule has 3 N–H and O–H groups in total. The standard InChI is InChI=1S/C21H29F3N2O4.C4H4N2O/c1-3-20(25)12-11-15-14-16(21(22,23)24)9-10-17(15)26(20)19(28)30-13-7-5-6-8-18(27)29-4-2;7-4-1-5-3-6-2-4/h9-10,14H,3-8,11-13,25H2,1-2H3;1-3,7H. The summed E-state index contributed by atoms with van der Waals surface area (Å²) < 4.78 is 49.3. The summed E-state index contributed by atoms with van der Waals surface area (Å²) in [7, 11) is 0. The zero-order valence-corrected chi connectivity index (χ0v) is 21.0. The molecule has 2 heterocycles. The van der Waals surface area contributed by atoms with Crippen LogP contribution in [0.25, 0.3) is 0 Å². The third-order valence-electron chi connectivity index (χ3n) is 5.82. The second kappa shape index (κ2) is 13.8. The molecule has 0 spiro atoms. The number of hydrogen-bond acceptors (Lipinski definition) is 8. The minimum Gasteiger partial charge on any atom is -0.505 e. The number of carbonyl (C=O) groups excluding carboxylic acids is 2. The third kappa shape index (κ3) is 8.88. The zero-order valence-electron chi connectivity index (χ0n) is 21.0. The van der Waals surface area contributed by atoms with Crippen molar-refractivity contribution in [1.82, 2.24) is 9.97 Å². The van der Waals surface area contributed by atoms with Crippen LogP contribution >= 0.6 is 0 Å². The van der Waals surface area contributed by atoms with Gasteiger partial charge in [-0.2, -0.15) is 13.2 Å². The average molecular weight is 527 g/mol. The van der Waals surface area contributed by atoms with Crippen LogP contribution < -0.4 is 10.6 Å². The predicted octanol–water partition coefficient (Wildman–Crippen LogP) is 4.97. The summed E-state index contributed by atoms with van der Waals surface area (Å²) in [4.78, 5) is 32.4. The Kier molecular flexibility index (Phi) is 11.1. The molecular weight excluding hydrogens is 493 g/mol. The molecule has 0 bridgehead atoms. The molecule has 9 nitrogen and oxygen atoms in total. The second-order valence-corrected chi connectivity index (χ2v) is 8.46. The number of rotatable bonds is 8. The summed E-state index contributed by atoms with van der Waals surface area (Å²) in [6, 6.07) is 3.31. The summed E-state index contributed by atoms with van der Waals surface area (Å²) in [6.07, 6.45) is 2.18. The number of halogens is 3. The minimum atomic E-state index is -4.45. The van der Waals surface area contributed by atoms with E-state index < -0.39 is 23.5 Å². The van der Waals surface area contributed by atoms with E-state index in [2.05, 4.69) is 9.97 Å². The van der Waals surface area contributed by atoms with Crippen LogP contribution in [0.15, 0.2) is 36.9 Å². The molecule has 1 unspecified atom stereocenters. The number of unbranched alkanes of at least 4 members (excludes halogenated alkanes) is 2. The minimum absolute atomic E-state index is 0.0995. The van der Waals surface area contributed by atoms with Crippen molar-refractivity contribution in [2.75, 3.05) is 18.1 Å². The fourth-order valence-electron chi connectivity index (χ4n) is 3.79. The van der Waals surface area contributed by atoms with Gasteiger partial charge < -0.3 is 20.3 Å². The van der Waals surface area contributed by atoms with E-state index in [0.717, 1.165) is 12.1 Å². The molecule has 37 heavy (non-hydrogen) atoms. The van der Waals surface area contributed by atoms with Gasteiger partial charge in [-0.1, -0.05) is 6.92 Å². The number of aromatic nitrogens is 2. The number of aromatic hydroxyl groups is 1. The first-order valence-corrected chi connectivity index (χ1v) is 12.1. The van der Waals surface area contributed by atoms with Crippen molar-refractivity contribution in [1.29, 1.82) is 0 Å². The Morgan fingerprint density at radius 1 is 1.14 bits per heavy atom. The molecular formula is C25H33F3N4O5. The summed E-state index contributed by atoms with van der Waals surface area (Å²) >= 11 is 0. The highest BCUT2D eigenvalue weighted by Gasteiger charge is 2.42. The van der Waals surface area contributed by atoms with Gasteiger partial charge in [0.1, 0.15) is 6.33 Å². The van der Waals surface area contributed by atoms with Gasteiger partial charge in [0.05, 0.1) is 42.5 Å². The molecule has 0 saturated heterocycles. The summed E-state index contributed by atoms with van der Waals surface area (Å²) in [5.74, 6) is -0.156. The van der Waals surface area contributed by atoms with Gasteiger partial charge in [0.15, 0.2) is 5.75 Å². The Balaban J connectivity index is 0.000000591. The Hall–Kier alpha value is -3.41. The third-order valence-corrected chi connectivity index (χ3v) is 5.82. The number of fused-ring (bicyclic) bond motifs is 1. The number of nitrogens with two attached hydrogens (primary N) is 1. The number of nitrogens with zero attached hydrogens (tertiary/aromatic N) is 3. The van der Waals surface area contributed by atoms with E-state index in [4.69, 9.17) is 20.3 Å². The van der Waals surface area contributed by atoms with Crippen LogP contribution in [0, 0.1) is 0 Å². The van der Waals surface area contributed by atoms with Crippen molar-refractivity contribution in [2.24, 2.45) is 5.73 Å². The van der Waals surface area contributed by atoms with E-state index in [1.807, 2.05) is 6.92 Å². The molecule has 2 aromatic rings. The van der Waals surface area contributed by atoms with Gasteiger partial charge in [-0.3, -0.25) is 9.69 Å². The Morgan fingerprint density at radius 2 is 1.84 bits per heavy atom. The largest absolute Gasteiger partial charge is 0.505 e. The number of anilines is 1. The van der Waals surface area contributed by atoms with Crippen LogP contribution in [-0.4, -0.2) is 46.0 Å². The highest BCUT2D eigenvalue weighted by Crippen LogP contribution is 2.40. The van der Waals surface area contributed by atoms with Crippen molar-refractivity contribution in [2.45, 2.75) is 70.6 Å². The van der Waals surface area contributed by atoms with Gasteiger partial charge in [-0.25, -0.2) is 14.8 Å². The van der Waals surface area contributed by atoms with Gasteiger partial charge >= 0.3 is 18.2 Å². The molecule has 1 aromatic carbocycles. The molecule has 1 amide bonds. The molecule has 0 saturated carbocycles. The highest BCUT2D eigenvalue weighted by atomic mass is 19.4. The first-order chi connectivity index (χ1) is 17.5. The Bertz CT molecular complexity index is 1020. The van der Waals surface area contributed by atoms with Crippen LogP contribution in [0.3, 0.4) is 0 Å². The normalized spacial score (nSPS) is 16.8. The van der Waals surface area contributed by atoms with E-state index in [-0.39, 0.29) is 18.3 Å². The van der Waals surface area contributed by atoms with E-state index in [0.29, 0.717) is 62.8 Å². The smallest absolute Gasteiger partial charge is 0.416 e. The highest BCUT2D eigenvalue weighted by molar-refractivity contribution is 5.91. The van der Waals surface area contributed by atoms with E-state index in [1.54, 1.807) is 6.92 Å². The molecule has 3 rings (SSSR count). The number of aryl methyl sites for hydroxylation is 1. The molecule has 1 atom stereocenters. The number of amides is 1. The number of carbonyl (C=O) groups is 2. The van der Waals surface area contributed by atoms with Crippen LogP contribution in [0.4, 0.5) is 23.7 Å². The molecule has 0 fully saturated rings. The summed E-state index contributed by atoms with van der Waals surface area (Å²) in [6.45, 7) is 4.04. The Labute approximate surface area is 213 Å². The van der Waals surface area contributed by atoms with Crippen molar-refractivity contribution in [3.8, 4) is 5.75 Å². The lowest BCUT2D eigenvalue weighted by Gasteiger charge is -2.44. The zero-order chi connectivity index (χ0) is 27.5. The number of benzene rings is 1. The summed E-state index contributed by atoms with van der Waals surface area (Å²) in [5.41, 5.74) is 5.41. The average Bonchev–Trinajstić information content (AvgIpc) is 2.86. The lowest BCUT2D eigenvalue weighted by atomic mass is 9.89.